The SMILES string of the molecule is NCCCON. The van der Waals surface area contributed by atoms with Crippen molar-refractivity contribution in [2.24, 2.45) is 11.6 Å². The normalized spacial score (nSPS) is 9.00. The Morgan fingerprint density at radius 3 is 2.33 bits per heavy atom. The Kier molecular flexibility index (Phi) is 4.78. The summed E-state index contributed by atoms with van der Waals surface area (Å²) in [5.41, 5.74) is 5.08. The van der Waals surface area contributed by atoms with Crippen LogP contribution in [-0.4, -0.2) is 13.2 Å². The van der Waals surface area contributed by atoms with Crippen LogP contribution in [0.25, 0.3) is 0 Å². The van der Waals surface area contributed by atoms with Crippen LogP contribution in [0.5, 0.6) is 0 Å². The fraction of sp³-hybridized carbons (Fsp3) is 1.00. The van der Waals surface area contributed by atoms with Gasteiger partial charge in [-0.25, -0.2) is 5.90 Å². The quantitative estimate of drug-likeness (QED) is 0.353. The van der Waals surface area contributed by atoms with Crippen LogP contribution in [-0.2, 0) is 4.84 Å². The van der Waals surface area contributed by atoms with Gasteiger partial charge >= 0.3 is 0 Å². The van der Waals surface area contributed by atoms with Crippen molar-refractivity contribution < 1.29 is 4.84 Å². The predicted molar refractivity (Wildman–Crippen MR) is 23.8 cm³/mol. The van der Waals surface area contributed by atoms with Crippen LogP contribution < -0.4 is 11.6 Å². The molecular formula is C3H10N2O. The van der Waals surface area contributed by atoms with Crippen LogP contribution in [0.1, 0.15) is 6.42 Å². The molecule has 0 fully saturated rings. The van der Waals surface area contributed by atoms with Crippen LogP contribution in [0.15, 0.2) is 0 Å². The van der Waals surface area contributed by atoms with Crippen LogP contribution >= 0.6 is 0 Å². The standard InChI is InChI=1S/C3H10N2O/c4-2-1-3-6-5/h1-5H2. The van der Waals surface area contributed by atoms with Crippen LogP contribution in [0.3, 0.4) is 0 Å². The molecule has 0 aliphatic heterocycles. The Morgan fingerprint density at radius 1 is 1.50 bits per heavy atom. The first-order valence-electron chi connectivity index (χ1n) is 1.93. The summed E-state index contributed by atoms with van der Waals surface area (Å²) in [6.07, 6.45) is 0.844. The summed E-state index contributed by atoms with van der Waals surface area (Å²) in [7, 11) is 0. The van der Waals surface area contributed by atoms with Gasteiger partial charge in [-0.05, 0) is 13.0 Å². The van der Waals surface area contributed by atoms with E-state index in [-0.39, 0.29) is 0 Å². The molecule has 3 nitrogen and oxygen atoms in total. The summed E-state index contributed by atoms with van der Waals surface area (Å²) < 4.78 is 0. The first-order chi connectivity index (χ1) is 2.91. The van der Waals surface area contributed by atoms with E-state index in [1.54, 1.807) is 0 Å². The van der Waals surface area contributed by atoms with Crippen molar-refractivity contribution in [1.82, 2.24) is 0 Å². The number of nitrogens with two attached hydrogens (primary N) is 2. The number of hydrogen-bond donors (Lipinski definition) is 2. The molecule has 0 saturated heterocycles. The Bertz CT molecular complexity index is 20.8. The predicted octanol–water partition coefficient (Wildman–Crippen LogP) is -0.775. The van der Waals surface area contributed by atoms with Gasteiger partial charge in [0.15, 0.2) is 0 Å². The van der Waals surface area contributed by atoms with Gasteiger partial charge in [0.1, 0.15) is 0 Å². The highest BCUT2D eigenvalue weighted by molar-refractivity contribution is 4.30. The minimum atomic E-state index is 0.566. The lowest BCUT2D eigenvalue weighted by molar-refractivity contribution is 0.137. The zero-order valence-corrected chi connectivity index (χ0v) is 3.68. The Balaban J connectivity index is 2.34. The van der Waals surface area contributed by atoms with Gasteiger partial charge in [0, 0.05) is 0 Å². The van der Waals surface area contributed by atoms with Gasteiger partial charge in [0.2, 0.25) is 0 Å². The lowest BCUT2D eigenvalue weighted by atomic mass is 10.5. The number of rotatable bonds is 3. The van der Waals surface area contributed by atoms with Crippen molar-refractivity contribution in [2.75, 3.05) is 13.2 Å². The first kappa shape index (κ1) is 5.88. The van der Waals surface area contributed by atoms with E-state index in [1.165, 1.54) is 0 Å². The third kappa shape index (κ3) is 3.88. The second-order valence-electron chi connectivity index (χ2n) is 1.01. The largest absolute Gasteiger partial charge is 0.330 e. The summed E-state index contributed by atoms with van der Waals surface area (Å²) in [4.78, 5) is 4.20. The maximum absolute atomic E-state index is 5.08. The van der Waals surface area contributed by atoms with E-state index in [0.29, 0.717) is 13.2 Å². The highest BCUT2D eigenvalue weighted by atomic mass is 16.6. The summed E-state index contributed by atoms with van der Waals surface area (Å²) >= 11 is 0. The molecule has 0 aliphatic rings. The van der Waals surface area contributed by atoms with Crippen LogP contribution in [0, 0.1) is 0 Å². The molecule has 0 bridgehead atoms. The monoisotopic (exact) mass is 90.1 g/mol. The maximum atomic E-state index is 5.08. The van der Waals surface area contributed by atoms with E-state index in [0.717, 1.165) is 6.42 Å². The van der Waals surface area contributed by atoms with E-state index in [4.69, 9.17) is 5.73 Å². The average molecular weight is 90.1 g/mol. The van der Waals surface area contributed by atoms with Crippen molar-refractivity contribution in [3.8, 4) is 0 Å². The molecule has 38 valence electrons. The van der Waals surface area contributed by atoms with Gasteiger partial charge < -0.3 is 10.6 Å². The van der Waals surface area contributed by atoms with Crippen LogP contribution in [0.4, 0.5) is 0 Å². The number of hydrogen-bond acceptors (Lipinski definition) is 3. The van der Waals surface area contributed by atoms with E-state index in [9.17, 15) is 0 Å². The van der Waals surface area contributed by atoms with Gasteiger partial charge in [0.25, 0.3) is 0 Å². The second-order valence-corrected chi connectivity index (χ2v) is 1.01. The van der Waals surface area contributed by atoms with Crippen molar-refractivity contribution in [3.05, 3.63) is 0 Å². The molecule has 0 radical (unpaired) electrons. The second kappa shape index (κ2) is 4.88. The van der Waals surface area contributed by atoms with Gasteiger partial charge in [-0.2, -0.15) is 0 Å². The lowest BCUT2D eigenvalue weighted by Gasteiger charge is -1.89. The molecule has 0 amide bonds. The first-order valence-corrected chi connectivity index (χ1v) is 1.93. The average Bonchev–Trinajstić information content (AvgIpc) is 1.61. The summed E-state index contributed by atoms with van der Waals surface area (Å²) in [6, 6.07) is 0. The molecule has 0 atom stereocenters. The van der Waals surface area contributed by atoms with Crippen molar-refractivity contribution in [2.45, 2.75) is 6.42 Å². The molecule has 0 heterocycles. The fourth-order valence-electron chi connectivity index (χ4n) is 0.167. The Hall–Kier alpha value is -0.120. The minimum absolute atomic E-state index is 0.566. The van der Waals surface area contributed by atoms with Crippen molar-refractivity contribution in [3.63, 3.8) is 0 Å². The smallest absolute Gasteiger partial charge is 0.0691 e. The minimum Gasteiger partial charge on any atom is -0.330 e. The molecule has 0 saturated carbocycles. The molecule has 3 heteroatoms. The highest BCUT2D eigenvalue weighted by Crippen LogP contribution is 1.68. The zero-order chi connectivity index (χ0) is 4.83. The van der Waals surface area contributed by atoms with Gasteiger partial charge in [-0.1, -0.05) is 0 Å². The maximum Gasteiger partial charge on any atom is 0.0691 e. The van der Waals surface area contributed by atoms with Crippen molar-refractivity contribution >= 4 is 0 Å². The summed E-state index contributed by atoms with van der Waals surface area (Å²) in [6.45, 7) is 1.22. The van der Waals surface area contributed by atoms with Crippen molar-refractivity contribution in [1.29, 1.82) is 0 Å². The Labute approximate surface area is 37.2 Å². The van der Waals surface area contributed by atoms with E-state index >= 15 is 0 Å². The molecule has 0 aromatic carbocycles. The fourth-order valence-corrected chi connectivity index (χ4v) is 0.167. The third-order valence-electron chi connectivity index (χ3n) is 0.466. The molecular weight excluding hydrogens is 80.0 g/mol. The molecule has 0 aromatic heterocycles. The molecule has 0 unspecified atom stereocenters. The topological polar surface area (TPSA) is 61.3 Å². The van der Waals surface area contributed by atoms with E-state index < -0.39 is 0 Å². The van der Waals surface area contributed by atoms with Crippen LogP contribution in [0.2, 0.25) is 0 Å². The zero-order valence-electron chi connectivity index (χ0n) is 3.68. The Morgan fingerprint density at radius 2 is 2.17 bits per heavy atom. The molecule has 4 N–H and O–H groups in total. The molecule has 0 spiro atoms. The van der Waals surface area contributed by atoms with Gasteiger partial charge in [-0.3, -0.25) is 0 Å². The third-order valence-corrected chi connectivity index (χ3v) is 0.466. The highest BCUT2D eigenvalue weighted by Gasteiger charge is 1.75. The summed E-state index contributed by atoms with van der Waals surface area (Å²) in [5.74, 6) is 4.66. The van der Waals surface area contributed by atoms with E-state index in [2.05, 4.69) is 10.7 Å². The molecule has 0 rings (SSSR count). The summed E-state index contributed by atoms with van der Waals surface area (Å²) in [5, 5.41) is 0. The molecule has 6 heavy (non-hydrogen) atoms. The molecule has 0 aromatic rings. The van der Waals surface area contributed by atoms with Gasteiger partial charge in [-0.15, -0.1) is 0 Å². The lowest BCUT2D eigenvalue weighted by Crippen LogP contribution is -2.07. The van der Waals surface area contributed by atoms with E-state index in [1.807, 2.05) is 0 Å². The molecule has 0 aliphatic carbocycles. The van der Waals surface area contributed by atoms with Gasteiger partial charge in [0.05, 0.1) is 6.61 Å².